The fourth-order valence-corrected chi connectivity index (χ4v) is 6.54. The Hall–Kier alpha value is -2.89. The average molecular weight is 797 g/mol. The summed E-state index contributed by atoms with van der Waals surface area (Å²) < 4.78 is 16.7. The van der Waals surface area contributed by atoms with Crippen molar-refractivity contribution in [3.8, 4) is 0 Å². The Bertz CT molecular complexity index is 1050. The summed E-state index contributed by atoms with van der Waals surface area (Å²) >= 11 is 0. The highest BCUT2D eigenvalue weighted by molar-refractivity contribution is 5.71. The smallest absolute Gasteiger partial charge is 0.306 e. The minimum atomic E-state index is -0.787. The van der Waals surface area contributed by atoms with Crippen LogP contribution >= 0.6 is 0 Å². The first kappa shape index (κ1) is 54.1. The second-order valence-corrected chi connectivity index (χ2v) is 15.7. The van der Waals surface area contributed by atoms with Gasteiger partial charge in [0.05, 0.1) is 0 Å². The molecule has 0 spiro atoms. The molecule has 0 saturated heterocycles. The number of esters is 3. The van der Waals surface area contributed by atoms with Gasteiger partial charge < -0.3 is 14.2 Å². The van der Waals surface area contributed by atoms with E-state index < -0.39 is 6.10 Å². The molecular formula is C51H88O6. The van der Waals surface area contributed by atoms with Gasteiger partial charge in [0.15, 0.2) is 6.10 Å². The topological polar surface area (TPSA) is 78.9 Å². The summed E-state index contributed by atoms with van der Waals surface area (Å²) in [5.74, 6) is -0.937. The molecule has 0 aromatic carbocycles. The van der Waals surface area contributed by atoms with Crippen LogP contribution in [0.25, 0.3) is 0 Å². The van der Waals surface area contributed by atoms with Gasteiger partial charge >= 0.3 is 17.9 Å². The first-order chi connectivity index (χ1) is 28.0. The third-order valence-corrected chi connectivity index (χ3v) is 10.1. The third kappa shape index (κ3) is 44.1. The van der Waals surface area contributed by atoms with Gasteiger partial charge in [0.1, 0.15) is 13.2 Å². The predicted molar refractivity (Wildman–Crippen MR) is 242 cm³/mol. The Labute approximate surface area is 351 Å². The van der Waals surface area contributed by atoms with Crippen molar-refractivity contribution in [1.82, 2.24) is 0 Å². The van der Waals surface area contributed by atoms with E-state index in [1.54, 1.807) is 0 Å². The number of hydrogen-bond acceptors (Lipinski definition) is 6. The van der Waals surface area contributed by atoms with Crippen LogP contribution in [0.5, 0.6) is 0 Å². The molecule has 0 rings (SSSR count). The van der Waals surface area contributed by atoms with Crippen molar-refractivity contribution < 1.29 is 28.6 Å². The summed E-state index contributed by atoms with van der Waals surface area (Å²) in [4.78, 5) is 37.8. The van der Waals surface area contributed by atoms with Crippen molar-refractivity contribution in [1.29, 1.82) is 0 Å². The maximum Gasteiger partial charge on any atom is 0.306 e. The Morgan fingerprint density at radius 1 is 0.386 bits per heavy atom. The van der Waals surface area contributed by atoms with Crippen LogP contribution in [0.2, 0.25) is 0 Å². The van der Waals surface area contributed by atoms with E-state index in [4.69, 9.17) is 14.2 Å². The summed E-state index contributed by atoms with van der Waals surface area (Å²) in [5.41, 5.74) is 0. The van der Waals surface area contributed by atoms with E-state index in [2.05, 4.69) is 81.5 Å². The monoisotopic (exact) mass is 797 g/mol. The zero-order valence-electron chi connectivity index (χ0n) is 37.3. The normalized spacial score (nSPS) is 12.5. The van der Waals surface area contributed by atoms with E-state index in [0.29, 0.717) is 19.3 Å². The van der Waals surface area contributed by atoms with Gasteiger partial charge in [-0.15, -0.1) is 0 Å². The molecule has 0 aliphatic carbocycles. The van der Waals surface area contributed by atoms with Crippen LogP contribution in [0.1, 0.15) is 226 Å². The van der Waals surface area contributed by atoms with Crippen LogP contribution in [-0.2, 0) is 28.6 Å². The molecule has 0 saturated carbocycles. The average Bonchev–Trinajstić information content (AvgIpc) is 3.21. The summed E-state index contributed by atoms with van der Waals surface area (Å²) in [7, 11) is 0. The minimum Gasteiger partial charge on any atom is -0.462 e. The molecule has 57 heavy (non-hydrogen) atoms. The number of unbranched alkanes of at least 4 members (excludes halogenated alkanes) is 23. The SMILES string of the molecule is CC\C=C/C=C\C=C/CCCCCCCCCC(=O)OCC(COC(=O)CCCC/C=C\C/C=C\CC)OC(=O)CCCCCCCCCCCCCCCCC. The van der Waals surface area contributed by atoms with Crippen molar-refractivity contribution in [2.75, 3.05) is 13.2 Å². The van der Waals surface area contributed by atoms with Gasteiger partial charge in [-0.25, -0.2) is 0 Å². The van der Waals surface area contributed by atoms with Crippen molar-refractivity contribution >= 4 is 17.9 Å². The third-order valence-electron chi connectivity index (χ3n) is 10.1. The maximum absolute atomic E-state index is 12.7. The maximum atomic E-state index is 12.7. The second kappa shape index (κ2) is 45.8. The molecular weight excluding hydrogens is 709 g/mol. The Morgan fingerprint density at radius 3 is 1.28 bits per heavy atom. The molecule has 328 valence electrons. The van der Waals surface area contributed by atoms with E-state index in [-0.39, 0.29) is 31.1 Å². The van der Waals surface area contributed by atoms with E-state index in [9.17, 15) is 14.4 Å². The predicted octanol–water partition coefficient (Wildman–Crippen LogP) is 15.3. The van der Waals surface area contributed by atoms with Gasteiger partial charge in [-0.3, -0.25) is 14.4 Å². The molecule has 0 aromatic heterocycles. The highest BCUT2D eigenvalue weighted by Gasteiger charge is 2.19. The molecule has 0 N–H and O–H groups in total. The van der Waals surface area contributed by atoms with E-state index in [1.165, 1.54) is 103 Å². The van der Waals surface area contributed by atoms with Gasteiger partial charge in [0.25, 0.3) is 0 Å². The zero-order valence-corrected chi connectivity index (χ0v) is 37.3. The Balaban J connectivity index is 4.37. The Kier molecular flexibility index (Phi) is 43.5. The number of hydrogen-bond donors (Lipinski definition) is 0. The molecule has 0 fully saturated rings. The Morgan fingerprint density at radius 2 is 0.772 bits per heavy atom. The highest BCUT2D eigenvalue weighted by Crippen LogP contribution is 2.15. The number of carbonyl (C=O) groups is 3. The fourth-order valence-electron chi connectivity index (χ4n) is 6.54. The molecule has 1 atom stereocenters. The molecule has 0 radical (unpaired) electrons. The van der Waals surface area contributed by atoms with E-state index in [1.807, 2.05) is 0 Å². The summed E-state index contributed by atoms with van der Waals surface area (Å²) in [6.45, 7) is 6.34. The molecule has 1 unspecified atom stereocenters. The lowest BCUT2D eigenvalue weighted by molar-refractivity contribution is -0.167. The number of carbonyl (C=O) groups excluding carboxylic acids is 3. The number of rotatable bonds is 42. The summed E-state index contributed by atoms with van der Waals surface area (Å²) in [6.07, 6.45) is 55.0. The second-order valence-electron chi connectivity index (χ2n) is 15.7. The molecule has 0 aliphatic rings. The van der Waals surface area contributed by atoms with Crippen LogP contribution in [0.4, 0.5) is 0 Å². The van der Waals surface area contributed by atoms with Gasteiger partial charge in [-0.2, -0.15) is 0 Å². The van der Waals surface area contributed by atoms with Crippen molar-refractivity contribution in [2.24, 2.45) is 0 Å². The molecule has 0 heterocycles. The molecule has 6 heteroatoms. The van der Waals surface area contributed by atoms with Crippen LogP contribution in [0.15, 0.2) is 60.8 Å². The first-order valence-corrected chi connectivity index (χ1v) is 23.8. The highest BCUT2D eigenvalue weighted by atomic mass is 16.6. The quantitative estimate of drug-likeness (QED) is 0.0201. The minimum absolute atomic E-state index is 0.0896. The van der Waals surface area contributed by atoms with Gasteiger partial charge in [-0.1, -0.05) is 204 Å². The van der Waals surface area contributed by atoms with Crippen molar-refractivity contribution in [3.05, 3.63) is 60.8 Å². The molecule has 0 aliphatic heterocycles. The lowest BCUT2D eigenvalue weighted by Crippen LogP contribution is -2.30. The van der Waals surface area contributed by atoms with E-state index in [0.717, 1.165) is 83.5 Å². The first-order valence-electron chi connectivity index (χ1n) is 23.8. The van der Waals surface area contributed by atoms with Crippen LogP contribution < -0.4 is 0 Å². The molecule has 0 amide bonds. The summed E-state index contributed by atoms with van der Waals surface area (Å²) in [6, 6.07) is 0. The standard InChI is InChI=1S/C51H88O6/c1-4-7-10-13-16-19-21-23-25-27-29-32-35-38-41-44-50(53)56-47-48(46-55-49(52)43-40-37-34-31-18-15-12-9-6-3)57-51(54)45-42-39-36-33-30-28-26-24-22-20-17-14-11-8-5-2/h7,9-10,12-13,16,18-19,21,31,48H,4-6,8,11,14-15,17,20,22-30,32-47H2,1-3H3/b10-7-,12-9-,16-13-,21-19-,31-18-. The zero-order chi connectivity index (χ0) is 41.5. The van der Waals surface area contributed by atoms with Crippen LogP contribution in [-0.4, -0.2) is 37.2 Å². The molecule has 0 bridgehead atoms. The van der Waals surface area contributed by atoms with Crippen LogP contribution in [0, 0.1) is 0 Å². The van der Waals surface area contributed by atoms with Gasteiger partial charge in [-0.05, 0) is 64.2 Å². The lowest BCUT2D eigenvalue weighted by Gasteiger charge is -2.18. The number of allylic oxidation sites excluding steroid dienone is 10. The molecule has 0 aromatic rings. The summed E-state index contributed by atoms with van der Waals surface area (Å²) in [5, 5.41) is 0. The van der Waals surface area contributed by atoms with Crippen molar-refractivity contribution in [2.45, 2.75) is 232 Å². The lowest BCUT2D eigenvalue weighted by atomic mass is 10.0. The fraction of sp³-hybridized carbons (Fsp3) is 0.745. The molecule has 6 nitrogen and oxygen atoms in total. The van der Waals surface area contributed by atoms with Gasteiger partial charge in [0.2, 0.25) is 0 Å². The van der Waals surface area contributed by atoms with E-state index >= 15 is 0 Å². The van der Waals surface area contributed by atoms with Crippen molar-refractivity contribution in [3.63, 3.8) is 0 Å². The van der Waals surface area contributed by atoms with Crippen LogP contribution in [0.3, 0.4) is 0 Å². The largest absolute Gasteiger partial charge is 0.462 e. The van der Waals surface area contributed by atoms with Gasteiger partial charge in [0, 0.05) is 19.3 Å². The number of ether oxygens (including phenoxy) is 3.